The molecule has 0 bridgehead atoms. The summed E-state index contributed by atoms with van der Waals surface area (Å²) in [5.74, 6) is -0.122. The highest BCUT2D eigenvalue weighted by atomic mass is 32.2. The van der Waals surface area contributed by atoms with Crippen LogP contribution in [0.4, 0.5) is 0 Å². The van der Waals surface area contributed by atoms with E-state index in [9.17, 15) is 9.59 Å². The fourth-order valence-electron chi connectivity index (χ4n) is 2.30. The second-order valence-corrected chi connectivity index (χ2v) is 6.55. The molecular weight excluding hydrogens is 324 g/mol. The van der Waals surface area contributed by atoms with Crippen LogP contribution in [-0.2, 0) is 11.2 Å². The molecule has 126 valence electrons. The van der Waals surface area contributed by atoms with E-state index in [4.69, 9.17) is 9.84 Å². The Kier molecular flexibility index (Phi) is 6.88. The molecule has 0 aliphatic carbocycles. The molecule has 0 aromatic heterocycles. The predicted molar refractivity (Wildman–Crippen MR) is 95.7 cm³/mol. The number of hydrogen-bond acceptors (Lipinski definition) is 4. The summed E-state index contributed by atoms with van der Waals surface area (Å²) >= 11 is 1.08. The summed E-state index contributed by atoms with van der Waals surface area (Å²) in [7, 11) is 0. The normalized spacial score (nSPS) is 11.7. The van der Waals surface area contributed by atoms with E-state index in [0.717, 1.165) is 23.1 Å². The molecule has 0 aliphatic rings. The lowest BCUT2D eigenvalue weighted by Crippen LogP contribution is -2.15. The SMILES string of the molecule is CCOc1ccc(CC(CC(=O)O)SC(=O)c2ccccc2)cc1. The van der Waals surface area contributed by atoms with Gasteiger partial charge >= 0.3 is 5.97 Å². The van der Waals surface area contributed by atoms with Gasteiger partial charge in [-0.15, -0.1) is 0 Å². The van der Waals surface area contributed by atoms with Gasteiger partial charge in [-0.3, -0.25) is 9.59 Å². The van der Waals surface area contributed by atoms with Crippen LogP contribution in [0.15, 0.2) is 54.6 Å². The van der Waals surface area contributed by atoms with Crippen molar-refractivity contribution in [1.29, 1.82) is 0 Å². The number of hydrogen-bond donors (Lipinski definition) is 1. The van der Waals surface area contributed by atoms with Crippen LogP contribution in [0.5, 0.6) is 5.75 Å². The number of carboxylic acid groups (broad SMARTS) is 1. The van der Waals surface area contributed by atoms with Crippen LogP contribution in [0.1, 0.15) is 29.3 Å². The van der Waals surface area contributed by atoms with Gasteiger partial charge in [0.05, 0.1) is 13.0 Å². The number of rotatable bonds is 8. The Morgan fingerprint density at radius 2 is 1.75 bits per heavy atom. The molecule has 0 saturated carbocycles. The second kappa shape index (κ2) is 9.13. The fraction of sp³-hybridized carbons (Fsp3) is 0.263. The first-order valence-electron chi connectivity index (χ1n) is 7.78. The highest BCUT2D eigenvalue weighted by molar-refractivity contribution is 8.14. The topological polar surface area (TPSA) is 63.6 Å². The molecule has 2 rings (SSSR count). The van der Waals surface area contributed by atoms with Crippen LogP contribution < -0.4 is 4.74 Å². The maximum atomic E-state index is 12.3. The number of aliphatic carboxylic acids is 1. The zero-order valence-electron chi connectivity index (χ0n) is 13.5. The molecule has 2 aromatic rings. The quantitative estimate of drug-likeness (QED) is 0.783. The molecule has 1 unspecified atom stereocenters. The van der Waals surface area contributed by atoms with Crippen molar-refractivity contribution in [1.82, 2.24) is 0 Å². The third-order valence-corrected chi connectivity index (χ3v) is 4.50. The molecule has 4 nitrogen and oxygen atoms in total. The van der Waals surface area contributed by atoms with Gasteiger partial charge in [-0.2, -0.15) is 0 Å². The number of thioether (sulfide) groups is 1. The van der Waals surface area contributed by atoms with Crippen molar-refractivity contribution < 1.29 is 19.4 Å². The zero-order valence-corrected chi connectivity index (χ0v) is 14.3. The second-order valence-electron chi connectivity index (χ2n) is 5.27. The molecule has 0 heterocycles. The van der Waals surface area contributed by atoms with E-state index < -0.39 is 5.97 Å². The summed E-state index contributed by atoms with van der Waals surface area (Å²) in [6, 6.07) is 16.5. The smallest absolute Gasteiger partial charge is 0.304 e. The van der Waals surface area contributed by atoms with Crippen LogP contribution in [0.2, 0.25) is 0 Å². The van der Waals surface area contributed by atoms with Crippen LogP contribution in [0, 0.1) is 0 Å². The van der Waals surface area contributed by atoms with E-state index in [0.29, 0.717) is 18.6 Å². The Bertz CT molecular complexity index is 668. The maximum absolute atomic E-state index is 12.3. The van der Waals surface area contributed by atoms with Crippen molar-refractivity contribution in [3.63, 3.8) is 0 Å². The van der Waals surface area contributed by atoms with Crippen molar-refractivity contribution in [2.24, 2.45) is 0 Å². The van der Waals surface area contributed by atoms with Gasteiger partial charge in [-0.1, -0.05) is 54.2 Å². The van der Waals surface area contributed by atoms with E-state index in [1.807, 2.05) is 37.3 Å². The lowest BCUT2D eigenvalue weighted by molar-refractivity contribution is -0.136. The summed E-state index contributed by atoms with van der Waals surface area (Å²) in [6.07, 6.45) is 0.457. The Balaban J connectivity index is 2.04. The average molecular weight is 344 g/mol. The van der Waals surface area contributed by atoms with Gasteiger partial charge < -0.3 is 9.84 Å². The van der Waals surface area contributed by atoms with Gasteiger partial charge in [-0.05, 0) is 31.0 Å². The molecule has 0 aliphatic heterocycles. The first kappa shape index (κ1) is 18.1. The Hall–Kier alpha value is -2.27. The first-order chi connectivity index (χ1) is 11.6. The average Bonchev–Trinajstić information content (AvgIpc) is 2.57. The molecule has 24 heavy (non-hydrogen) atoms. The molecular formula is C19H20O4S. The molecule has 1 N–H and O–H groups in total. The molecule has 0 fully saturated rings. The van der Waals surface area contributed by atoms with Gasteiger partial charge in [0.2, 0.25) is 5.12 Å². The summed E-state index contributed by atoms with van der Waals surface area (Å²) in [6.45, 7) is 2.52. The molecule has 0 amide bonds. The standard InChI is InChI=1S/C19H20O4S/c1-2-23-16-10-8-14(9-11-16)12-17(13-18(20)21)24-19(22)15-6-4-3-5-7-15/h3-11,17H,2,12-13H2,1H3,(H,20,21). The number of carboxylic acids is 1. The van der Waals surface area contributed by atoms with Gasteiger partial charge in [0.1, 0.15) is 5.75 Å². The highest BCUT2D eigenvalue weighted by Gasteiger charge is 2.19. The summed E-state index contributed by atoms with van der Waals surface area (Å²) < 4.78 is 5.40. The van der Waals surface area contributed by atoms with E-state index in [1.165, 1.54) is 0 Å². The molecule has 0 radical (unpaired) electrons. The molecule has 1 atom stereocenters. The third-order valence-electron chi connectivity index (χ3n) is 3.38. The van der Waals surface area contributed by atoms with Crippen molar-refractivity contribution >= 4 is 22.8 Å². The lowest BCUT2D eigenvalue weighted by Gasteiger charge is -2.14. The van der Waals surface area contributed by atoms with Crippen molar-refractivity contribution in [3.05, 3.63) is 65.7 Å². The minimum atomic E-state index is -0.903. The molecule has 2 aromatic carbocycles. The van der Waals surface area contributed by atoms with Gasteiger partial charge in [0, 0.05) is 10.8 Å². The Labute approximate surface area is 145 Å². The van der Waals surface area contributed by atoms with Crippen LogP contribution in [0.3, 0.4) is 0 Å². The molecule has 0 saturated heterocycles. The van der Waals surface area contributed by atoms with E-state index in [2.05, 4.69) is 0 Å². The molecule has 0 spiro atoms. The highest BCUT2D eigenvalue weighted by Crippen LogP contribution is 2.25. The zero-order chi connectivity index (χ0) is 17.4. The fourth-order valence-corrected chi connectivity index (χ4v) is 3.37. The van der Waals surface area contributed by atoms with Gasteiger partial charge in [0.25, 0.3) is 0 Å². The van der Waals surface area contributed by atoms with Crippen molar-refractivity contribution in [2.75, 3.05) is 6.61 Å². The number of benzene rings is 2. The van der Waals surface area contributed by atoms with E-state index in [-0.39, 0.29) is 16.8 Å². The predicted octanol–water partition coefficient (Wildman–Crippen LogP) is 4.04. The first-order valence-corrected chi connectivity index (χ1v) is 8.66. The maximum Gasteiger partial charge on any atom is 0.304 e. The van der Waals surface area contributed by atoms with Crippen LogP contribution >= 0.6 is 11.8 Å². The monoisotopic (exact) mass is 344 g/mol. The van der Waals surface area contributed by atoms with Crippen LogP contribution in [0.25, 0.3) is 0 Å². The minimum Gasteiger partial charge on any atom is -0.494 e. The summed E-state index contributed by atoms with van der Waals surface area (Å²) in [5, 5.41) is 8.70. The van der Waals surface area contributed by atoms with Gasteiger partial charge in [0.15, 0.2) is 0 Å². The Morgan fingerprint density at radius 3 is 2.33 bits per heavy atom. The molecule has 5 heteroatoms. The largest absolute Gasteiger partial charge is 0.494 e. The van der Waals surface area contributed by atoms with Crippen LogP contribution in [-0.4, -0.2) is 28.0 Å². The number of carbonyl (C=O) groups excluding carboxylic acids is 1. The van der Waals surface area contributed by atoms with Crippen molar-refractivity contribution in [3.8, 4) is 5.75 Å². The summed E-state index contributed by atoms with van der Waals surface area (Å²) in [5.41, 5.74) is 1.57. The van der Waals surface area contributed by atoms with E-state index >= 15 is 0 Å². The van der Waals surface area contributed by atoms with Gasteiger partial charge in [-0.25, -0.2) is 0 Å². The number of carbonyl (C=O) groups is 2. The Morgan fingerprint density at radius 1 is 1.08 bits per heavy atom. The van der Waals surface area contributed by atoms with Crippen molar-refractivity contribution in [2.45, 2.75) is 25.0 Å². The minimum absolute atomic E-state index is 0.0591. The van der Waals surface area contributed by atoms with E-state index in [1.54, 1.807) is 24.3 Å². The lowest BCUT2D eigenvalue weighted by atomic mass is 10.1. The number of ether oxygens (including phenoxy) is 1. The third kappa shape index (κ3) is 5.74. The summed E-state index contributed by atoms with van der Waals surface area (Å²) in [4.78, 5) is 23.4.